The van der Waals surface area contributed by atoms with Crippen molar-refractivity contribution in [2.45, 2.75) is 31.4 Å². The highest BCUT2D eigenvalue weighted by molar-refractivity contribution is 7.11. The van der Waals surface area contributed by atoms with Gasteiger partial charge in [0.25, 0.3) is 0 Å². The van der Waals surface area contributed by atoms with E-state index in [1.807, 2.05) is 6.20 Å². The molecule has 0 bridgehead atoms. The van der Waals surface area contributed by atoms with Gasteiger partial charge in [0, 0.05) is 23.0 Å². The number of hydrogen-bond donors (Lipinski definition) is 1. The second-order valence-electron chi connectivity index (χ2n) is 6.23. The van der Waals surface area contributed by atoms with Crippen molar-refractivity contribution in [1.29, 1.82) is 0 Å². The Hall–Kier alpha value is -1.49. The summed E-state index contributed by atoms with van der Waals surface area (Å²) in [4.78, 5) is 7.99. The molecule has 1 fully saturated rings. The first-order valence-electron chi connectivity index (χ1n) is 7.85. The Bertz CT molecular complexity index is 699. The number of piperidine rings is 1. The van der Waals surface area contributed by atoms with Crippen LogP contribution in [-0.4, -0.2) is 28.1 Å². The Labute approximate surface area is 134 Å². The van der Waals surface area contributed by atoms with Crippen molar-refractivity contribution in [3.8, 4) is 0 Å². The summed E-state index contributed by atoms with van der Waals surface area (Å²) < 4.78 is 0. The number of allylic oxidation sites excluding steroid dienone is 1. The zero-order valence-corrected chi connectivity index (χ0v) is 13.4. The van der Waals surface area contributed by atoms with Gasteiger partial charge in [0.15, 0.2) is 0 Å². The number of fused-ring (bicyclic) bond motifs is 2. The highest BCUT2D eigenvalue weighted by atomic mass is 32.1. The predicted molar refractivity (Wildman–Crippen MR) is 89.7 cm³/mol. The van der Waals surface area contributed by atoms with E-state index in [1.54, 1.807) is 11.3 Å². The minimum atomic E-state index is 0.0509. The average molecular weight is 312 g/mol. The maximum Gasteiger partial charge on any atom is 0.118 e. The Morgan fingerprint density at radius 2 is 2.05 bits per heavy atom. The molecule has 0 saturated carbocycles. The molecular formula is C18H20N2OS. The molecule has 1 aromatic heterocycles. The number of benzene rings is 1. The fourth-order valence-corrected chi connectivity index (χ4v) is 4.52. The molecule has 3 nitrogen and oxygen atoms in total. The van der Waals surface area contributed by atoms with Crippen molar-refractivity contribution in [3.05, 3.63) is 57.6 Å². The van der Waals surface area contributed by atoms with Crippen molar-refractivity contribution in [1.82, 2.24) is 9.88 Å². The number of hydrogen-bond acceptors (Lipinski definition) is 4. The lowest BCUT2D eigenvalue weighted by atomic mass is 9.74. The number of thiazole rings is 1. The third kappa shape index (κ3) is 2.41. The minimum Gasteiger partial charge on any atom is -0.389 e. The number of aromatic nitrogens is 1. The summed E-state index contributed by atoms with van der Waals surface area (Å²) in [5.74, 6) is 0. The van der Waals surface area contributed by atoms with Gasteiger partial charge in [-0.25, -0.2) is 4.98 Å². The molecule has 22 heavy (non-hydrogen) atoms. The molecule has 4 rings (SSSR count). The lowest BCUT2D eigenvalue weighted by Gasteiger charge is -2.39. The van der Waals surface area contributed by atoms with Crippen molar-refractivity contribution in [3.63, 3.8) is 0 Å². The van der Waals surface area contributed by atoms with Crippen LogP contribution in [0.15, 0.2) is 36.5 Å². The number of aliphatic hydroxyl groups excluding tert-OH is 1. The molecule has 1 saturated heterocycles. The number of likely N-dealkylation sites (tertiary alicyclic amines) is 1. The SMILES string of the molecule is OCc1ncc(CN2CCC3(C=Cc4ccccc43)CC2)s1. The lowest BCUT2D eigenvalue weighted by molar-refractivity contribution is 0.178. The standard InChI is InChI=1S/C18H20N2OS/c21-13-17-19-11-15(22-17)12-20-9-7-18(8-10-20)6-5-14-3-1-2-4-16(14)18/h1-6,11,21H,7-10,12-13H2. The molecular weight excluding hydrogens is 292 g/mol. The van der Waals surface area contributed by atoms with E-state index in [0.29, 0.717) is 0 Å². The topological polar surface area (TPSA) is 36.4 Å². The van der Waals surface area contributed by atoms with E-state index in [-0.39, 0.29) is 12.0 Å². The first kappa shape index (κ1) is 14.1. The van der Waals surface area contributed by atoms with Crippen LogP contribution in [0.5, 0.6) is 0 Å². The van der Waals surface area contributed by atoms with Crippen LogP contribution in [0.3, 0.4) is 0 Å². The van der Waals surface area contributed by atoms with E-state index < -0.39 is 0 Å². The van der Waals surface area contributed by atoms with Crippen molar-refractivity contribution in [2.75, 3.05) is 13.1 Å². The molecule has 1 spiro atoms. The van der Waals surface area contributed by atoms with Gasteiger partial charge in [-0.05, 0) is 37.1 Å². The second-order valence-corrected chi connectivity index (χ2v) is 7.43. The zero-order valence-electron chi connectivity index (χ0n) is 12.5. The van der Waals surface area contributed by atoms with Crippen LogP contribution in [0.2, 0.25) is 0 Å². The normalized spacial score (nSPS) is 19.7. The van der Waals surface area contributed by atoms with Crippen LogP contribution in [0.1, 0.15) is 33.9 Å². The van der Waals surface area contributed by atoms with Gasteiger partial charge >= 0.3 is 0 Å². The summed E-state index contributed by atoms with van der Waals surface area (Å²) in [6, 6.07) is 8.80. The molecule has 1 N–H and O–H groups in total. The molecule has 0 unspecified atom stereocenters. The summed E-state index contributed by atoms with van der Waals surface area (Å²) in [6.07, 6.45) is 9.00. The summed E-state index contributed by atoms with van der Waals surface area (Å²) in [5.41, 5.74) is 3.16. The minimum absolute atomic E-state index is 0.0509. The molecule has 0 radical (unpaired) electrons. The molecule has 4 heteroatoms. The highest BCUT2D eigenvalue weighted by Crippen LogP contribution is 2.43. The average Bonchev–Trinajstić information content (AvgIpc) is 3.16. The van der Waals surface area contributed by atoms with Crippen LogP contribution in [0.25, 0.3) is 6.08 Å². The summed E-state index contributed by atoms with van der Waals surface area (Å²) in [6.45, 7) is 3.24. The fourth-order valence-electron chi connectivity index (χ4n) is 3.70. The van der Waals surface area contributed by atoms with E-state index in [9.17, 15) is 0 Å². The Kier molecular flexibility index (Phi) is 3.60. The third-order valence-corrected chi connectivity index (χ3v) is 5.91. The predicted octanol–water partition coefficient (Wildman–Crippen LogP) is 3.20. The van der Waals surface area contributed by atoms with Crippen molar-refractivity contribution < 1.29 is 5.11 Å². The fraction of sp³-hybridized carbons (Fsp3) is 0.389. The Morgan fingerprint density at radius 1 is 1.23 bits per heavy atom. The van der Waals surface area contributed by atoms with Gasteiger partial charge in [-0.3, -0.25) is 4.90 Å². The third-order valence-electron chi connectivity index (χ3n) is 4.94. The molecule has 1 aliphatic heterocycles. The Balaban J connectivity index is 1.44. The van der Waals surface area contributed by atoms with Crippen LogP contribution in [0, 0.1) is 0 Å². The number of rotatable bonds is 3. The Morgan fingerprint density at radius 3 is 2.82 bits per heavy atom. The van der Waals surface area contributed by atoms with E-state index in [0.717, 1.165) is 24.6 Å². The first-order chi connectivity index (χ1) is 10.8. The maximum atomic E-state index is 9.12. The second kappa shape index (κ2) is 5.61. The zero-order chi connectivity index (χ0) is 15.0. The first-order valence-corrected chi connectivity index (χ1v) is 8.66. The summed E-state index contributed by atoms with van der Waals surface area (Å²) in [5, 5.41) is 9.93. The van der Waals surface area contributed by atoms with Crippen molar-refractivity contribution in [2.24, 2.45) is 0 Å². The van der Waals surface area contributed by atoms with Gasteiger partial charge in [0.05, 0.1) is 6.61 Å². The maximum absolute atomic E-state index is 9.12. The summed E-state index contributed by atoms with van der Waals surface area (Å²) in [7, 11) is 0. The molecule has 114 valence electrons. The van der Waals surface area contributed by atoms with Crippen LogP contribution in [-0.2, 0) is 18.6 Å². The molecule has 1 aromatic carbocycles. The lowest BCUT2D eigenvalue weighted by Crippen LogP contribution is -2.40. The van der Waals surface area contributed by atoms with E-state index in [1.165, 1.54) is 28.8 Å². The molecule has 0 amide bonds. The number of nitrogens with zero attached hydrogens (tertiary/aromatic N) is 2. The molecule has 0 atom stereocenters. The van der Waals surface area contributed by atoms with E-state index in [4.69, 9.17) is 5.11 Å². The van der Waals surface area contributed by atoms with Gasteiger partial charge < -0.3 is 5.11 Å². The van der Waals surface area contributed by atoms with Crippen LogP contribution >= 0.6 is 11.3 Å². The highest BCUT2D eigenvalue weighted by Gasteiger charge is 2.37. The van der Waals surface area contributed by atoms with Crippen LogP contribution in [0.4, 0.5) is 0 Å². The van der Waals surface area contributed by atoms with E-state index >= 15 is 0 Å². The van der Waals surface area contributed by atoms with Gasteiger partial charge in [-0.2, -0.15) is 0 Å². The van der Waals surface area contributed by atoms with Gasteiger partial charge in [-0.1, -0.05) is 36.4 Å². The van der Waals surface area contributed by atoms with E-state index in [2.05, 4.69) is 46.3 Å². The molecule has 1 aliphatic carbocycles. The monoisotopic (exact) mass is 312 g/mol. The van der Waals surface area contributed by atoms with Crippen LogP contribution < -0.4 is 0 Å². The quantitative estimate of drug-likeness (QED) is 0.945. The largest absolute Gasteiger partial charge is 0.389 e. The van der Waals surface area contributed by atoms with Crippen molar-refractivity contribution >= 4 is 17.4 Å². The smallest absolute Gasteiger partial charge is 0.118 e. The molecule has 2 aliphatic rings. The molecule has 2 heterocycles. The van der Waals surface area contributed by atoms with Gasteiger partial charge in [0.2, 0.25) is 0 Å². The number of aliphatic hydroxyl groups is 1. The van der Waals surface area contributed by atoms with Gasteiger partial charge in [0.1, 0.15) is 5.01 Å². The molecule has 2 aromatic rings. The van der Waals surface area contributed by atoms with Gasteiger partial charge in [-0.15, -0.1) is 11.3 Å². The summed E-state index contributed by atoms with van der Waals surface area (Å²) >= 11 is 1.62.